The second kappa shape index (κ2) is 11.1. The minimum Gasteiger partial charge on any atom is -0.493 e. The Morgan fingerprint density at radius 1 is 0.967 bits per heavy atom. The molecule has 1 saturated carbocycles. The SMILES string of the molecule is COc1cccc(CCC(=O)NC2CCN(C(=O)NC3CCCCC3)CC2)c1OC. The number of para-hydroxylation sites is 1. The van der Waals surface area contributed by atoms with Crippen LogP contribution in [0, 0.1) is 0 Å². The van der Waals surface area contributed by atoms with Crippen molar-refractivity contribution in [3.63, 3.8) is 0 Å². The van der Waals surface area contributed by atoms with Crippen LogP contribution in [0.5, 0.6) is 11.5 Å². The number of urea groups is 1. The standard InChI is InChI=1S/C23H35N3O4/c1-29-20-10-6-7-17(22(20)30-2)11-12-21(27)24-19-13-15-26(16-14-19)23(28)25-18-8-4-3-5-9-18/h6-7,10,18-19H,3-5,8-9,11-16H2,1-2H3,(H,24,27)(H,25,28). The number of amides is 3. The monoisotopic (exact) mass is 417 g/mol. The number of nitrogens with one attached hydrogen (secondary N) is 2. The number of carbonyl (C=O) groups excluding carboxylic acids is 2. The van der Waals surface area contributed by atoms with E-state index in [0.717, 1.165) is 31.2 Å². The van der Waals surface area contributed by atoms with Gasteiger partial charge in [0.1, 0.15) is 0 Å². The van der Waals surface area contributed by atoms with Gasteiger partial charge in [-0.25, -0.2) is 4.79 Å². The summed E-state index contributed by atoms with van der Waals surface area (Å²) in [5.74, 6) is 1.39. The normalized spacial score (nSPS) is 18.0. The summed E-state index contributed by atoms with van der Waals surface area (Å²) in [6, 6.07) is 6.22. The molecule has 2 aliphatic rings. The molecule has 1 saturated heterocycles. The van der Waals surface area contributed by atoms with Gasteiger partial charge in [-0.2, -0.15) is 0 Å². The van der Waals surface area contributed by atoms with E-state index < -0.39 is 0 Å². The van der Waals surface area contributed by atoms with E-state index in [-0.39, 0.29) is 18.0 Å². The largest absolute Gasteiger partial charge is 0.493 e. The van der Waals surface area contributed by atoms with E-state index in [2.05, 4.69) is 10.6 Å². The summed E-state index contributed by atoms with van der Waals surface area (Å²) in [5.41, 5.74) is 0.959. The van der Waals surface area contributed by atoms with Crippen molar-refractivity contribution >= 4 is 11.9 Å². The molecule has 1 aromatic carbocycles. The summed E-state index contributed by atoms with van der Waals surface area (Å²) in [6.07, 6.45) is 8.47. The summed E-state index contributed by atoms with van der Waals surface area (Å²) in [7, 11) is 3.22. The van der Waals surface area contributed by atoms with Crippen molar-refractivity contribution in [2.75, 3.05) is 27.3 Å². The van der Waals surface area contributed by atoms with Crippen LogP contribution in [-0.4, -0.2) is 56.2 Å². The molecule has 1 aliphatic carbocycles. The molecule has 0 unspecified atom stereocenters. The van der Waals surface area contributed by atoms with Gasteiger partial charge < -0.3 is 25.0 Å². The Kier molecular flexibility index (Phi) is 8.22. The average molecular weight is 418 g/mol. The van der Waals surface area contributed by atoms with Crippen LogP contribution >= 0.6 is 0 Å². The Bertz CT molecular complexity index is 710. The molecular weight excluding hydrogens is 382 g/mol. The van der Waals surface area contributed by atoms with E-state index in [4.69, 9.17) is 9.47 Å². The maximum atomic E-state index is 12.5. The van der Waals surface area contributed by atoms with Gasteiger partial charge in [-0.3, -0.25) is 4.79 Å². The lowest BCUT2D eigenvalue weighted by molar-refractivity contribution is -0.122. The molecule has 7 heteroatoms. The molecule has 2 N–H and O–H groups in total. The van der Waals surface area contributed by atoms with E-state index in [9.17, 15) is 9.59 Å². The number of aryl methyl sites for hydroxylation is 1. The van der Waals surface area contributed by atoms with Crippen LogP contribution in [0.2, 0.25) is 0 Å². The summed E-state index contributed by atoms with van der Waals surface area (Å²) in [4.78, 5) is 26.8. The summed E-state index contributed by atoms with van der Waals surface area (Å²) in [5, 5.41) is 6.31. The predicted octanol–water partition coefficient (Wildman–Crippen LogP) is 3.26. The second-order valence-corrected chi connectivity index (χ2v) is 8.27. The van der Waals surface area contributed by atoms with E-state index in [1.807, 2.05) is 23.1 Å². The van der Waals surface area contributed by atoms with Crippen molar-refractivity contribution in [3.8, 4) is 11.5 Å². The van der Waals surface area contributed by atoms with Gasteiger partial charge in [-0.05, 0) is 43.7 Å². The average Bonchev–Trinajstić information content (AvgIpc) is 2.78. The Hall–Kier alpha value is -2.44. The number of piperidine rings is 1. The Morgan fingerprint density at radius 3 is 2.33 bits per heavy atom. The van der Waals surface area contributed by atoms with Crippen LogP contribution in [0.15, 0.2) is 18.2 Å². The van der Waals surface area contributed by atoms with Crippen molar-refractivity contribution in [2.45, 2.75) is 69.9 Å². The van der Waals surface area contributed by atoms with Gasteiger partial charge in [-0.1, -0.05) is 31.4 Å². The molecular formula is C23H35N3O4. The topological polar surface area (TPSA) is 79.9 Å². The highest BCUT2D eigenvalue weighted by Gasteiger charge is 2.25. The highest BCUT2D eigenvalue weighted by atomic mass is 16.5. The van der Waals surface area contributed by atoms with E-state index >= 15 is 0 Å². The quantitative estimate of drug-likeness (QED) is 0.714. The molecule has 0 radical (unpaired) electrons. The molecule has 2 fully saturated rings. The number of ether oxygens (including phenoxy) is 2. The number of methoxy groups -OCH3 is 2. The van der Waals surface area contributed by atoms with Gasteiger partial charge in [-0.15, -0.1) is 0 Å². The van der Waals surface area contributed by atoms with Crippen LogP contribution < -0.4 is 20.1 Å². The number of hydrogen-bond acceptors (Lipinski definition) is 4. The molecule has 7 nitrogen and oxygen atoms in total. The van der Waals surface area contributed by atoms with E-state index in [1.165, 1.54) is 19.3 Å². The molecule has 3 rings (SSSR count). The lowest BCUT2D eigenvalue weighted by atomic mass is 9.95. The summed E-state index contributed by atoms with van der Waals surface area (Å²) >= 11 is 0. The third-order valence-electron chi connectivity index (χ3n) is 6.19. The fourth-order valence-electron chi connectivity index (χ4n) is 4.44. The zero-order valence-corrected chi connectivity index (χ0v) is 18.2. The lowest BCUT2D eigenvalue weighted by Gasteiger charge is -2.34. The van der Waals surface area contributed by atoms with Crippen LogP contribution in [0.4, 0.5) is 4.79 Å². The summed E-state index contributed by atoms with van der Waals surface area (Å²) < 4.78 is 10.8. The third kappa shape index (κ3) is 6.03. The molecule has 1 aromatic rings. The first-order valence-corrected chi connectivity index (χ1v) is 11.2. The van der Waals surface area contributed by atoms with Crippen LogP contribution in [0.25, 0.3) is 0 Å². The first-order valence-electron chi connectivity index (χ1n) is 11.2. The molecule has 3 amide bonds. The molecule has 0 spiro atoms. The molecule has 0 bridgehead atoms. The second-order valence-electron chi connectivity index (χ2n) is 8.27. The third-order valence-corrected chi connectivity index (χ3v) is 6.19. The van der Waals surface area contributed by atoms with Crippen LogP contribution in [0.3, 0.4) is 0 Å². The number of nitrogens with zero attached hydrogens (tertiary/aromatic N) is 1. The minimum atomic E-state index is 0.0324. The van der Waals surface area contributed by atoms with Crippen molar-refractivity contribution in [1.29, 1.82) is 0 Å². The number of carbonyl (C=O) groups is 2. The predicted molar refractivity (Wildman–Crippen MR) is 116 cm³/mol. The van der Waals surface area contributed by atoms with Crippen molar-refractivity contribution in [2.24, 2.45) is 0 Å². The van der Waals surface area contributed by atoms with Gasteiger partial charge in [0, 0.05) is 31.6 Å². The molecule has 1 heterocycles. The number of likely N-dealkylation sites (tertiary alicyclic amines) is 1. The molecule has 30 heavy (non-hydrogen) atoms. The fraction of sp³-hybridized carbons (Fsp3) is 0.652. The highest BCUT2D eigenvalue weighted by molar-refractivity contribution is 5.77. The summed E-state index contributed by atoms with van der Waals surface area (Å²) in [6.45, 7) is 1.38. The van der Waals surface area contributed by atoms with Gasteiger partial charge in [0.15, 0.2) is 11.5 Å². The van der Waals surface area contributed by atoms with Crippen molar-refractivity contribution in [1.82, 2.24) is 15.5 Å². The van der Waals surface area contributed by atoms with Gasteiger partial charge in [0.05, 0.1) is 14.2 Å². The van der Waals surface area contributed by atoms with Crippen LogP contribution in [-0.2, 0) is 11.2 Å². The van der Waals surface area contributed by atoms with Gasteiger partial charge in [0.25, 0.3) is 0 Å². The molecule has 1 aliphatic heterocycles. The maximum absolute atomic E-state index is 12.5. The molecule has 0 atom stereocenters. The zero-order chi connectivity index (χ0) is 21.3. The Morgan fingerprint density at radius 2 is 1.67 bits per heavy atom. The number of benzene rings is 1. The number of rotatable bonds is 7. The Labute approximate surface area is 179 Å². The lowest BCUT2D eigenvalue weighted by Crippen LogP contribution is -2.51. The van der Waals surface area contributed by atoms with Crippen LogP contribution in [0.1, 0.15) is 56.9 Å². The van der Waals surface area contributed by atoms with Gasteiger partial charge in [0.2, 0.25) is 5.91 Å². The smallest absolute Gasteiger partial charge is 0.317 e. The molecule has 166 valence electrons. The zero-order valence-electron chi connectivity index (χ0n) is 18.2. The fourth-order valence-corrected chi connectivity index (χ4v) is 4.44. The van der Waals surface area contributed by atoms with Gasteiger partial charge >= 0.3 is 6.03 Å². The van der Waals surface area contributed by atoms with Crippen molar-refractivity contribution in [3.05, 3.63) is 23.8 Å². The minimum absolute atomic E-state index is 0.0324. The maximum Gasteiger partial charge on any atom is 0.317 e. The van der Waals surface area contributed by atoms with E-state index in [1.54, 1.807) is 14.2 Å². The molecule has 0 aromatic heterocycles. The first-order chi connectivity index (χ1) is 14.6. The highest BCUT2D eigenvalue weighted by Crippen LogP contribution is 2.31. The Balaban J connectivity index is 1.39. The first kappa shape index (κ1) is 22.2. The van der Waals surface area contributed by atoms with E-state index in [0.29, 0.717) is 43.5 Å². The number of hydrogen-bond donors (Lipinski definition) is 2. The van der Waals surface area contributed by atoms with Crippen molar-refractivity contribution < 1.29 is 19.1 Å².